The molecule has 3 rings (SSSR count). The summed E-state index contributed by atoms with van der Waals surface area (Å²) >= 11 is 3.54. The van der Waals surface area contributed by atoms with Gasteiger partial charge in [-0.1, -0.05) is 24.3 Å². The second-order valence-corrected chi connectivity index (χ2v) is 7.30. The Morgan fingerprint density at radius 2 is 2.00 bits per heavy atom. The summed E-state index contributed by atoms with van der Waals surface area (Å²) in [5, 5.41) is 5.30. The van der Waals surface area contributed by atoms with Gasteiger partial charge in [-0.15, -0.1) is 23.1 Å². The number of aryl methyl sites for hydroxylation is 2. The van der Waals surface area contributed by atoms with Crippen LogP contribution in [-0.4, -0.2) is 23.2 Å². The summed E-state index contributed by atoms with van der Waals surface area (Å²) in [5.74, 6) is 0.989. The van der Waals surface area contributed by atoms with Crippen molar-refractivity contribution in [3.8, 4) is 0 Å². The van der Waals surface area contributed by atoms with Crippen LogP contribution in [0.25, 0.3) is 0 Å². The molecule has 0 spiro atoms. The number of nitrogens with zero attached hydrogens (tertiary/aromatic N) is 1. The maximum absolute atomic E-state index is 12.6. The number of amides is 2. The molecule has 1 aliphatic heterocycles. The lowest BCUT2D eigenvalue weighted by molar-refractivity contribution is 0.214. The van der Waals surface area contributed by atoms with Crippen LogP contribution in [-0.2, 0) is 0 Å². The molecule has 0 saturated carbocycles. The molecule has 1 N–H and O–H groups in total. The van der Waals surface area contributed by atoms with Crippen molar-refractivity contribution in [1.29, 1.82) is 0 Å². The van der Waals surface area contributed by atoms with Crippen LogP contribution in [0.1, 0.15) is 21.4 Å². The molecule has 1 aromatic carbocycles. The van der Waals surface area contributed by atoms with Crippen molar-refractivity contribution in [2.75, 3.05) is 17.6 Å². The Labute approximate surface area is 133 Å². The summed E-state index contributed by atoms with van der Waals surface area (Å²) in [7, 11) is 0. The van der Waals surface area contributed by atoms with Crippen LogP contribution in [0.5, 0.6) is 0 Å². The highest BCUT2D eigenvalue weighted by molar-refractivity contribution is 7.99. The second-order valence-electron chi connectivity index (χ2n) is 5.13. The van der Waals surface area contributed by atoms with Gasteiger partial charge in [-0.05, 0) is 36.4 Å². The van der Waals surface area contributed by atoms with Gasteiger partial charge in [0.1, 0.15) is 5.37 Å². The number of para-hydroxylation sites is 1. The molecule has 0 radical (unpaired) electrons. The molecule has 2 amide bonds. The molecule has 0 unspecified atom stereocenters. The van der Waals surface area contributed by atoms with Gasteiger partial charge in [-0.25, -0.2) is 4.79 Å². The number of hydrogen-bond donors (Lipinski definition) is 1. The minimum atomic E-state index is -0.00389. The van der Waals surface area contributed by atoms with Crippen LogP contribution in [0, 0.1) is 13.8 Å². The van der Waals surface area contributed by atoms with Crippen LogP contribution < -0.4 is 5.32 Å². The van der Waals surface area contributed by atoms with Crippen LogP contribution in [0.15, 0.2) is 35.7 Å². The van der Waals surface area contributed by atoms with E-state index in [1.165, 1.54) is 4.88 Å². The number of thioether (sulfide) groups is 1. The molecule has 1 saturated heterocycles. The topological polar surface area (TPSA) is 32.3 Å². The van der Waals surface area contributed by atoms with E-state index in [-0.39, 0.29) is 11.4 Å². The van der Waals surface area contributed by atoms with Crippen molar-refractivity contribution < 1.29 is 4.79 Å². The number of urea groups is 1. The number of nitrogens with one attached hydrogen (secondary N) is 1. The maximum atomic E-state index is 12.6. The summed E-state index contributed by atoms with van der Waals surface area (Å²) in [6.45, 7) is 4.85. The Hall–Kier alpha value is -1.46. The van der Waals surface area contributed by atoms with E-state index in [1.807, 2.05) is 54.8 Å². The molecule has 1 fully saturated rings. The first kappa shape index (κ1) is 14.5. The highest BCUT2D eigenvalue weighted by atomic mass is 32.2. The first-order valence-electron chi connectivity index (χ1n) is 6.95. The SMILES string of the molecule is Cc1cccc(C)c1NC(=O)N1CCS[C@H]1c1cccs1. The smallest absolute Gasteiger partial charge is 0.307 e. The number of carbonyl (C=O) groups is 1. The van der Waals surface area contributed by atoms with E-state index in [2.05, 4.69) is 16.8 Å². The molecular formula is C16H18N2OS2. The van der Waals surface area contributed by atoms with Crippen LogP contribution >= 0.6 is 23.1 Å². The lowest BCUT2D eigenvalue weighted by Gasteiger charge is -2.24. The van der Waals surface area contributed by atoms with Gasteiger partial charge in [0.15, 0.2) is 0 Å². The largest absolute Gasteiger partial charge is 0.323 e. The molecule has 21 heavy (non-hydrogen) atoms. The van der Waals surface area contributed by atoms with Gasteiger partial charge in [-0.3, -0.25) is 0 Å². The predicted octanol–water partition coefficient (Wildman–Crippen LogP) is 4.64. The van der Waals surface area contributed by atoms with Crippen LogP contribution in [0.3, 0.4) is 0 Å². The fourth-order valence-electron chi connectivity index (χ4n) is 2.54. The summed E-state index contributed by atoms with van der Waals surface area (Å²) in [6.07, 6.45) is 0. The van der Waals surface area contributed by atoms with Gasteiger partial charge >= 0.3 is 6.03 Å². The van der Waals surface area contributed by atoms with E-state index in [9.17, 15) is 4.79 Å². The number of benzene rings is 1. The van der Waals surface area contributed by atoms with Crippen LogP contribution in [0.2, 0.25) is 0 Å². The molecule has 1 aliphatic rings. The fourth-order valence-corrected chi connectivity index (χ4v) is 4.77. The minimum absolute atomic E-state index is 0.00389. The highest BCUT2D eigenvalue weighted by Gasteiger charge is 2.31. The predicted molar refractivity (Wildman–Crippen MR) is 91.2 cm³/mol. The normalized spacial score (nSPS) is 18.0. The van der Waals surface area contributed by atoms with Crippen molar-refractivity contribution >= 4 is 34.8 Å². The summed E-state index contributed by atoms with van der Waals surface area (Å²) in [4.78, 5) is 15.8. The van der Waals surface area contributed by atoms with E-state index in [1.54, 1.807) is 11.3 Å². The quantitative estimate of drug-likeness (QED) is 0.874. The average Bonchev–Trinajstić information content (AvgIpc) is 3.12. The first-order chi connectivity index (χ1) is 10.2. The van der Waals surface area contributed by atoms with Crippen molar-refractivity contribution in [2.24, 2.45) is 0 Å². The van der Waals surface area contributed by atoms with Gasteiger partial charge in [0, 0.05) is 22.9 Å². The lowest BCUT2D eigenvalue weighted by Crippen LogP contribution is -2.34. The van der Waals surface area contributed by atoms with Crippen molar-refractivity contribution in [1.82, 2.24) is 4.90 Å². The molecule has 2 aromatic rings. The number of hydrogen-bond acceptors (Lipinski definition) is 3. The monoisotopic (exact) mass is 318 g/mol. The highest BCUT2D eigenvalue weighted by Crippen LogP contribution is 2.40. The Morgan fingerprint density at radius 3 is 2.67 bits per heavy atom. The Balaban J connectivity index is 1.79. The standard InChI is InChI=1S/C16H18N2OS2/c1-11-5-3-6-12(2)14(11)17-16(19)18-8-10-21-15(18)13-7-4-9-20-13/h3-7,9,15H,8,10H2,1-2H3,(H,17,19)/t15-/m0/s1. The second kappa shape index (κ2) is 6.12. The van der Waals surface area contributed by atoms with E-state index >= 15 is 0 Å². The molecular weight excluding hydrogens is 300 g/mol. The third kappa shape index (κ3) is 2.94. The first-order valence-corrected chi connectivity index (χ1v) is 8.88. The summed E-state index contributed by atoms with van der Waals surface area (Å²) < 4.78 is 0. The van der Waals surface area contributed by atoms with E-state index in [4.69, 9.17) is 0 Å². The zero-order valence-corrected chi connectivity index (χ0v) is 13.8. The molecule has 2 heterocycles. The third-order valence-electron chi connectivity index (χ3n) is 3.65. The minimum Gasteiger partial charge on any atom is -0.307 e. The van der Waals surface area contributed by atoms with Gasteiger partial charge in [0.2, 0.25) is 0 Å². The van der Waals surface area contributed by atoms with Gasteiger partial charge in [-0.2, -0.15) is 0 Å². The van der Waals surface area contributed by atoms with Crippen LogP contribution in [0.4, 0.5) is 10.5 Å². The number of carbonyl (C=O) groups excluding carboxylic acids is 1. The molecule has 0 aliphatic carbocycles. The fraction of sp³-hybridized carbons (Fsp3) is 0.312. The number of thiophene rings is 1. The van der Waals surface area contributed by atoms with E-state index in [0.29, 0.717) is 0 Å². The van der Waals surface area contributed by atoms with Gasteiger partial charge < -0.3 is 10.2 Å². The summed E-state index contributed by atoms with van der Waals surface area (Å²) in [5.41, 5.74) is 3.13. The molecule has 1 aromatic heterocycles. The summed E-state index contributed by atoms with van der Waals surface area (Å²) in [6, 6.07) is 10.2. The Morgan fingerprint density at radius 1 is 1.24 bits per heavy atom. The molecule has 1 atom stereocenters. The molecule has 5 heteroatoms. The van der Waals surface area contributed by atoms with Crippen molar-refractivity contribution in [3.63, 3.8) is 0 Å². The number of anilines is 1. The maximum Gasteiger partial charge on any atom is 0.323 e. The zero-order valence-electron chi connectivity index (χ0n) is 12.1. The lowest BCUT2D eigenvalue weighted by atomic mass is 10.1. The van der Waals surface area contributed by atoms with Crippen molar-refractivity contribution in [3.05, 3.63) is 51.7 Å². The van der Waals surface area contributed by atoms with E-state index < -0.39 is 0 Å². The zero-order chi connectivity index (χ0) is 14.8. The Bertz CT molecular complexity index is 619. The van der Waals surface area contributed by atoms with Gasteiger partial charge in [0.05, 0.1) is 0 Å². The van der Waals surface area contributed by atoms with Crippen molar-refractivity contribution in [2.45, 2.75) is 19.2 Å². The molecule has 3 nitrogen and oxygen atoms in total. The Kier molecular flexibility index (Phi) is 4.22. The third-order valence-corrected chi connectivity index (χ3v) is 5.97. The average molecular weight is 318 g/mol. The van der Waals surface area contributed by atoms with Gasteiger partial charge in [0.25, 0.3) is 0 Å². The molecule has 0 bridgehead atoms. The molecule has 110 valence electrons. The van der Waals surface area contributed by atoms with E-state index in [0.717, 1.165) is 29.1 Å². The number of rotatable bonds is 2.